The third-order valence-corrected chi connectivity index (χ3v) is 6.24. The number of pyridine rings is 1. The van der Waals surface area contributed by atoms with Gasteiger partial charge in [-0.15, -0.1) is 11.8 Å². The Morgan fingerprint density at radius 2 is 2.12 bits per heavy atom. The molecule has 4 atom stereocenters. The zero-order valence-electron chi connectivity index (χ0n) is 14.3. The zero-order chi connectivity index (χ0) is 18.1. The molecule has 6 nitrogen and oxygen atoms in total. The molecule has 25 heavy (non-hydrogen) atoms. The monoisotopic (exact) mass is 362 g/mol. The molecule has 0 saturated carbocycles. The topological polar surface area (TPSA) is 90.7 Å². The number of aliphatic hydroxyl groups excluding tert-OH is 1. The molecule has 0 aliphatic carbocycles. The van der Waals surface area contributed by atoms with Crippen LogP contribution in [0.5, 0.6) is 0 Å². The molecular formula is C18H22N2O4S. The molecule has 134 valence electrons. The molecule has 1 amide bonds. The largest absolute Gasteiger partial charge is 0.477 e. The quantitative estimate of drug-likeness (QED) is 0.725. The number of thioether (sulfide) groups is 1. The van der Waals surface area contributed by atoms with Gasteiger partial charge in [0.05, 0.1) is 18.1 Å². The number of carbonyl (C=O) groups excluding carboxylic acids is 1. The highest BCUT2D eigenvalue weighted by Gasteiger charge is 2.56. The molecule has 1 aromatic rings. The fraction of sp³-hybridized carbons (Fsp3) is 0.500. The van der Waals surface area contributed by atoms with Crippen molar-refractivity contribution in [3.8, 4) is 0 Å². The summed E-state index contributed by atoms with van der Waals surface area (Å²) < 4.78 is 0. The standard InChI is InChI=1S/C18H22N2O4S/c1-3-4-13(11-5-7-19-8-6-11)25-14-9-12-15(10(2)21)17(22)20(12)16(14)18(23)24/h5-8,10,12-13,15,21H,3-4,9H2,1-2H3,(H,23,24). The van der Waals surface area contributed by atoms with E-state index >= 15 is 0 Å². The highest BCUT2D eigenvalue weighted by molar-refractivity contribution is 8.03. The Labute approximate surface area is 150 Å². The van der Waals surface area contributed by atoms with Crippen LogP contribution in [0.3, 0.4) is 0 Å². The SMILES string of the molecule is CCCC(SC1=C(C(=O)O)N2C(=O)C(C(C)O)C2C1)c1ccncc1. The first-order valence-corrected chi connectivity index (χ1v) is 9.37. The van der Waals surface area contributed by atoms with Gasteiger partial charge in [-0.1, -0.05) is 13.3 Å². The van der Waals surface area contributed by atoms with Crippen LogP contribution in [0.25, 0.3) is 0 Å². The molecule has 4 unspecified atom stereocenters. The van der Waals surface area contributed by atoms with E-state index in [0.29, 0.717) is 6.42 Å². The minimum atomic E-state index is -1.08. The fourth-order valence-electron chi connectivity index (χ4n) is 3.64. The molecule has 0 aromatic carbocycles. The van der Waals surface area contributed by atoms with Gasteiger partial charge in [0.15, 0.2) is 0 Å². The van der Waals surface area contributed by atoms with Crippen LogP contribution in [0.15, 0.2) is 35.1 Å². The summed E-state index contributed by atoms with van der Waals surface area (Å²) in [6.45, 7) is 3.68. The fourth-order valence-corrected chi connectivity index (χ4v) is 5.20. The smallest absolute Gasteiger partial charge is 0.353 e. The Morgan fingerprint density at radius 3 is 2.68 bits per heavy atom. The van der Waals surface area contributed by atoms with Gasteiger partial charge in [-0.3, -0.25) is 9.78 Å². The molecule has 0 spiro atoms. The molecular weight excluding hydrogens is 340 g/mol. The summed E-state index contributed by atoms with van der Waals surface area (Å²) in [4.78, 5) is 30.2. The first kappa shape index (κ1) is 17.9. The van der Waals surface area contributed by atoms with Crippen molar-refractivity contribution in [1.29, 1.82) is 0 Å². The molecule has 2 N–H and O–H groups in total. The predicted molar refractivity (Wildman–Crippen MR) is 94.6 cm³/mol. The highest BCUT2D eigenvalue weighted by atomic mass is 32.2. The minimum absolute atomic E-state index is 0.0899. The van der Waals surface area contributed by atoms with Crippen molar-refractivity contribution in [2.75, 3.05) is 0 Å². The lowest BCUT2D eigenvalue weighted by atomic mass is 9.83. The van der Waals surface area contributed by atoms with Gasteiger partial charge in [0.25, 0.3) is 0 Å². The van der Waals surface area contributed by atoms with Gasteiger partial charge < -0.3 is 15.1 Å². The van der Waals surface area contributed by atoms with E-state index in [1.54, 1.807) is 19.3 Å². The summed E-state index contributed by atoms with van der Waals surface area (Å²) in [5.74, 6) is -1.87. The maximum atomic E-state index is 12.3. The van der Waals surface area contributed by atoms with Gasteiger partial charge in [-0.2, -0.15) is 0 Å². The average molecular weight is 362 g/mol. The van der Waals surface area contributed by atoms with Crippen LogP contribution in [-0.4, -0.2) is 44.1 Å². The van der Waals surface area contributed by atoms with Crippen LogP contribution in [0, 0.1) is 5.92 Å². The minimum Gasteiger partial charge on any atom is -0.477 e. The van der Waals surface area contributed by atoms with Crippen molar-refractivity contribution in [2.24, 2.45) is 5.92 Å². The molecule has 3 rings (SSSR count). The maximum Gasteiger partial charge on any atom is 0.353 e. The lowest BCUT2D eigenvalue weighted by Crippen LogP contribution is -2.61. The molecule has 2 aliphatic heterocycles. The Hall–Kier alpha value is -1.86. The van der Waals surface area contributed by atoms with Crippen molar-refractivity contribution < 1.29 is 19.8 Å². The van der Waals surface area contributed by atoms with Crippen LogP contribution in [0.4, 0.5) is 0 Å². The van der Waals surface area contributed by atoms with Gasteiger partial charge >= 0.3 is 5.97 Å². The summed E-state index contributed by atoms with van der Waals surface area (Å²) in [7, 11) is 0. The third kappa shape index (κ3) is 3.18. The lowest BCUT2D eigenvalue weighted by Gasteiger charge is -2.44. The van der Waals surface area contributed by atoms with Crippen molar-refractivity contribution in [3.63, 3.8) is 0 Å². The molecule has 1 saturated heterocycles. The van der Waals surface area contributed by atoms with Gasteiger partial charge in [-0.25, -0.2) is 4.79 Å². The Kier molecular flexibility index (Phi) is 5.15. The number of aliphatic hydroxyl groups is 1. The Bertz CT molecular complexity index is 704. The second kappa shape index (κ2) is 7.17. The van der Waals surface area contributed by atoms with E-state index in [1.807, 2.05) is 12.1 Å². The number of hydrogen-bond acceptors (Lipinski definition) is 5. The third-order valence-electron chi connectivity index (χ3n) is 4.80. The molecule has 0 bridgehead atoms. The van der Waals surface area contributed by atoms with Crippen molar-refractivity contribution in [1.82, 2.24) is 9.88 Å². The number of amides is 1. The first-order valence-electron chi connectivity index (χ1n) is 8.49. The van der Waals surface area contributed by atoms with Crippen LogP contribution < -0.4 is 0 Å². The van der Waals surface area contributed by atoms with E-state index in [-0.39, 0.29) is 22.9 Å². The summed E-state index contributed by atoms with van der Waals surface area (Å²) in [5, 5.41) is 19.6. The second-order valence-electron chi connectivity index (χ2n) is 6.50. The molecule has 1 fully saturated rings. The average Bonchev–Trinajstić information content (AvgIpc) is 2.89. The number of carboxylic acid groups (broad SMARTS) is 1. The van der Waals surface area contributed by atoms with E-state index in [1.165, 1.54) is 16.7 Å². The Balaban J connectivity index is 1.87. The van der Waals surface area contributed by atoms with Crippen molar-refractivity contribution in [3.05, 3.63) is 40.7 Å². The number of rotatable bonds is 7. The highest BCUT2D eigenvalue weighted by Crippen LogP contribution is 2.51. The van der Waals surface area contributed by atoms with E-state index < -0.39 is 18.0 Å². The number of β-lactam (4-membered cyclic amide) rings is 1. The summed E-state index contributed by atoms with van der Waals surface area (Å²) in [6.07, 6.45) is 5.08. The van der Waals surface area contributed by atoms with Crippen molar-refractivity contribution >= 4 is 23.6 Å². The summed E-state index contributed by atoms with van der Waals surface area (Å²) in [6, 6.07) is 3.66. The number of hydrogen-bond donors (Lipinski definition) is 2. The lowest BCUT2D eigenvalue weighted by molar-refractivity contribution is -0.161. The molecule has 1 aromatic heterocycles. The Morgan fingerprint density at radius 1 is 1.44 bits per heavy atom. The number of aliphatic carboxylic acids is 1. The second-order valence-corrected chi connectivity index (χ2v) is 7.80. The molecule has 7 heteroatoms. The molecule has 3 heterocycles. The predicted octanol–water partition coefficient (Wildman–Crippen LogP) is 2.56. The van der Waals surface area contributed by atoms with Gasteiger partial charge in [0.2, 0.25) is 5.91 Å². The van der Waals surface area contributed by atoms with Crippen molar-refractivity contribution in [2.45, 2.75) is 50.5 Å². The number of carbonyl (C=O) groups is 2. The van der Waals surface area contributed by atoms with Gasteiger partial charge in [0, 0.05) is 29.0 Å². The summed E-state index contributed by atoms with van der Waals surface area (Å²) >= 11 is 1.53. The van der Waals surface area contributed by atoms with Crippen LogP contribution in [-0.2, 0) is 9.59 Å². The van der Waals surface area contributed by atoms with E-state index in [2.05, 4.69) is 11.9 Å². The molecule has 2 aliphatic rings. The first-order chi connectivity index (χ1) is 12.0. The van der Waals surface area contributed by atoms with E-state index in [0.717, 1.165) is 23.3 Å². The molecule has 0 radical (unpaired) electrons. The van der Waals surface area contributed by atoms with Gasteiger partial charge in [0.1, 0.15) is 5.70 Å². The van der Waals surface area contributed by atoms with E-state index in [4.69, 9.17) is 0 Å². The number of fused-ring (bicyclic) bond motifs is 1. The van der Waals surface area contributed by atoms with Gasteiger partial charge in [-0.05, 0) is 31.0 Å². The number of carboxylic acids is 1. The summed E-state index contributed by atoms with van der Waals surface area (Å²) in [5.41, 5.74) is 1.19. The zero-order valence-corrected chi connectivity index (χ0v) is 15.1. The normalized spacial score (nSPS) is 24.8. The van der Waals surface area contributed by atoms with E-state index in [9.17, 15) is 19.8 Å². The maximum absolute atomic E-state index is 12.3. The van der Waals surface area contributed by atoms with Crippen LogP contribution >= 0.6 is 11.8 Å². The van der Waals surface area contributed by atoms with Crippen LogP contribution in [0.2, 0.25) is 0 Å². The number of nitrogens with zero attached hydrogens (tertiary/aromatic N) is 2. The van der Waals surface area contributed by atoms with Crippen LogP contribution in [0.1, 0.15) is 43.9 Å². The number of aromatic nitrogens is 1.